The van der Waals surface area contributed by atoms with Crippen LogP contribution in [-0.4, -0.2) is 11.9 Å². The molecule has 3 nitrogen and oxygen atoms in total. The van der Waals surface area contributed by atoms with E-state index < -0.39 is 0 Å². The Balaban J connectivity index is 2.09. The zero-order valence-corrected chi connectivity index (χ0v) is 10.1. The molecule has 0 N–H and O–H groups in total. The van der Waals surface area contributed by atoms with Crippen molar-refractivity contribution in [2.75, 3.05) is 7.05 Å². The Labute approximate surface area is 105 Å². The molecule has 2 rings (SSSR count). The molecule has 0 saturated carbocycles. The Morgan fingerprint density at radius 2 is 2.17 bits per heavy atom. The largest absolute Gasteiger partial charge is 0.468 e. The van der Waals surface area contributed by atoms with Crippen LogP contribution in [0.5, 0.6) is 0 Å². The van der Waals surface area contributed by atoms with E-state index in [4.69, 9.17) is 9.68 Å². The Hall–Kier alpha value is -2.12. The van der Waals surface area contributed by atoms with E-state index in [-0.39, 0.29) is 5.82 Å². The lowest BCUT2D eigenvalue weighted by atomic mass is 10.1. The van der Waals surface area contributed by atoms with Crippen LogP contribution in [0.15, 0.2) is 41.0 Å². The smallest absolute Gasteiger partial charge is 0.123 e. The summed E-state index contributed by atoms with van der Waals surface area (Å²) in [5, 5.41) is 8.97. The molecule has 1 aromatic heterocycles. The van der Waals surface area contributed by atoms with Crippen molar-refractivity contribution < 1.29 is 8.81 Å². The van der Waals surface area contributed by atoms with E-state index >= 15 is 0 Å². The van der Waals surface area contributed by atoms with Crippen LogP contribution >= 0.6 is 0 Å². The molecule has 0 bridgehead atoms. The van der Waals surface area contributed by atoms with Gasteiger partial charge in [-0.25, -0.2) is 4.39 Å². The van der Waals surface area contributed by atoms with E-state index in [1.54, 1.807) is 6.26 Å². The summed E-state index contributed by atoms with van der Waals surface area (Å²) in [6.45, 7) is 1.12. The SMILES string of the molecule is CN(Cc1ccco1)Cc1cc(F)ccc1C#N. The monoisotopic (exact) mass is 244 g/mol. The van der Waals surface area contributed by atoms with Crippen LogP contribution in [0, 0.1) is 17.1 Å². The first-order valence-electron chi connectivity index (χ1n) is 5.58. The van der Waals surface area contributed by atoms with Crippen molar-refractivity contribution in [3.05, 3.63) is 59.3 Å². The number of furan rings is 1. The molecule has 92 valence electrons. The van der Waals surface area contributed by atoms with Gasteiger partial charge in [-0.15, -0.1) is 0 Å². The average molecular weight is 244 g/mol. The lowest BCUT2D eigenvalue weighted by Crippen LogP contribution is -2.17. The Morgan fingerprint density at radius 1 is 1.33 bits per heavy atom. The molecule has 0 fully saturated rings. The summed E-state index contributed by atoms with van der Waals surface area (Å²) in [4.78, 5) is 1.97. The number of rotatable bonds is 4. The van der Waals surface area contributed by atoms with Gasteiger partial charge in [0.15, 0.2) is 0 Å². The van der Waals surface area contributed by atoms with E-state index in [0.29, 0.717) is 24.2 Å². The highest BCUT2D eigenvalue weighted by atomic mass is 19.1. The zero-order valence-electron chi connectivity index (χ0n) is 10.1. The molecule has 4 heteroatoms. The first-order valence-corrected chi connectivity index (χ1v) is 5.58. The fourth-order valence-electron chi connectivity index (χ4n) is 1.82. The van der Waals surface area contributed by atoms with Crippen molar-refractivity contribution in [2.24, 2.45) is 0 Å². The van der Waals surface area contributed by atoms with E-state index in [9.17, 15) is 4.39 Å². The van der Waals surface area contributed by atoms with Crippen LogP contribution in [0.25, 0.3) is 0 Å². The van der Waals surface area contributed by atoms with E-state index in [1.807, 2.05) is 24.1 Å². The third-order valence-electron chi connectivity index (χ3n) is 2.63. The second-order valence-corrected chi connectivity index (χ2v) is 4.16. The Kier molecular flexibility index (Phi) is 3.75. The van der Waals surface area contributed by atoms with Gasteiger partial charge in [0.25, 0.3) is 0 Å². The third-order valence-corrected chi connectivity index (χ3v) is 2.63. The lowest BCUT2D eigenvalue weighted by Gasteiger charge is -2.16. The molecule has 0 aliphatic heterocycles. The van der Waals surface area contributed by atoms with Crippen molar-refractivity contribution >= 4 is 0 Å². The number of nitrogens with zero attached hydrogens (tertiary/aromatic N) is 2. The van der Waals surface area contributed by atoms with E-state index in [1.165, 1.54) is 18.2 Å². The summed E-state index contributed by atoms with van der Waals surface area (Å²) in [6.07, 6.45) is 1.62. The number of nitriles is 1. The number of hydrogen-bond acceptors (Lipinski definition) is 3. The molecule has 0 aliphatic carbocycles. The van der Waals surface area contributed by atoms with Crippen molar-refractivity contribution in [1.82, 2.24) is 4.90 Å². The van der Waals surface area contributed by atoms with Crippen LogP contribution in [0.1, 0.15) is 16.9 Å². The zero-order chi connectivity index (χ0) is 13.0. The Morgan fingerprint density at radius 3 is 2.83 bits per heavy atom. The molecule has 2 aromatic rings. The van der Waals surface area contributed by atoms with Crippen LogP contribution in [0.3, 0.4) is 0 Å². The van der Waals surface area contributed by atoms with Gasteiger partial charge in [0, 0.05) is 6.54 Å². The molecular weight excluding hydrogens is 231 g/mol. The fourth-order valence-corrected chi connectivity index (χ4v) is 1.82. The second-order valence-electron chi connectivity index (χ2n) is 4.16. The van der Waals surface area contributed by atoms with Crippen molar-refractivity contribution in [2.45, 2.75) is 13.1 Å². The predicted octanol–water partition coefficient (Wildman–Crippen LogP) is 2.92. The van der Waals surface area contributed by atoms with Crippen LogP contribution in [-0.2, 0) is 13.1 Å². The van der Waals surface area contributed by atoms with Crippen molar-refractivity contribution in [3.8, 4) is 6.07 Å². The van der Waals surface area contributed by atoms with Gasteiger partial charge < -0.3 is 4.42 Å². The van der Waals surface area contributed by atoms with Crippen molar-refractivity contribution in [1.29, 1.82) is 5.26 Å². The summed E-state index contributed by atoms with van der Waals surface area (Å²) in [6, 6.07) is 9.98. The molecule has 0 atom stereocenters. The van der Waals surface area contributed by atoms with Gasteiger partial charge in [-0.05, 0) is 42.9 Å². The molecule has 18 heavy (non-hydrogen) atoms. The minimum atomic E-state index is -0.324. The van der Waals surface area contributed by atoms with Crippen molar-refractivity contribution in [3.63, 3.8) is 0 Å². The van der Waals surface area contributed by atoms with Gasteiger partial charge in [0.2, 0.25) is 0 Å². The first kappa shape index (κ1) is 12.3. The Bertz CT molecular complexity index is 558. The molecule has 0 saturated heterocycles. The van der Waals surface area contributed by atoms with Gasteiger partial charge in [-0.2, -0.15) is 5.26 Å². The van der Waals surface area contributed by atoms with Gasteiger partial charge in [0.1, 0.15) is 11.6 Å². The van der Waals surface area contributed by atoms with Crippen LogP contribution in [0.4, 0.5) is 4.39 Å². The van der Waals surface area contributed by atoms with Gasteiger partial charge in [0.05, 0.1) is 24.4 Å². The fraction of sp³-hybridized carbons (Fsp3) is 0.214. The molecule has 0 unspecified atom stereocenters. The highest BCUT2D eigenvalue weighted by molar-refractivity contribution is 5.37. The lowest BCUT2D eigenvalue weighted by molar-refractivity contribution is 0.287. The van der Waals surface area contributed by atoms with Gasteiger partial charge >= 0.3 is 0 Å². The third kappa shape index (κ3) is 2.96. The number of halogens is 1. The minimum absolute atomic E-state index is 0.324. The molecule has 1 aromatic carbocycles. The van der Waals surface area contributed by atoms with Gasteiger partial charge in [-0.1, -0.05) is 0 Å². The predicted molar refractivity (Wildman–Crippen MR) is 65.0 cm³/mol. The average Bonchev–Trinajstić information content (AvgIpc) is 2.82. The quantitative estimate of drug-likeness (QED) is 0.830. The molecule has 0 amide bonds. The van der Waals surface area contributed by atoms with Crippen LogP contribution in [0.2, 0.25) is 0 Å². The second kappa shape index (κ2) is 5.48. The minimum Gasteiger partial charge on any atom is -0.468 e. The summed E-state index contributed by atoms with van der Waals surface area (Å²) in [5.74, 6) is 0.516. The standard InChI is InChI=1S/C14H13FN2O/c1-17(10-14-3-2-6-18-14)9-12-7-13(15)5-4-11(12)8-16/h2-7H,9-10H2,1H3. The summed E-state index contributed by atoms with van der Waals surface area (Å²) in [7, 11) is 1.90. The summed E-state index contributed by atoms with van der Waals surface area (Å²) >= 11 is 0. The molecule has 0 radical (unpaired) electrons. The van der Waals surface area contributed by atoms with E-state index in [0.717, 1.165) is 5.76 Å². The van der Waals surface area contributed by atoms with E-state index in [2.05, 4.69) is 6.07 Å². The highest BCUT2D eigenvalue weighted by Crippen LogP contribution is 2.14. The van der Waals surface area contributed by atoms with Gasteiger partial charge in [-0.3, -0.25) is 4.90 Å². The normalized spacial score (nSPS) is 10.6. The maximum atomic E-state index is 13.2. The number of hydrogen-bond donors (Lipinski definition) is 0. The molecular formula is C14H13FN2O. The maximum Gasteiger partial charge on any atom is 0.123 e. The molecule has 0 aliphatic rings. The summed E-state index contributed by atoms with van der Waals surface area (Å²) < 4.78 is 18.4. The maximum absolute atomic E-state index is 13.2. The molecule has 0 spiro atoms. The highest BCUT2D eigenvalue weighted by Gasteiger charge is 2.08. The number of benzene rings is 1. The molecule has 1 heterocycles. The first-order chi connectivity index (χ1) is 8.69. The topological polar surface area (TPSA) is 40.2 Å². The van der Waals surface area contributed by atoms with Crippen LogP contribution < -0.4 is 0 Å². The summed E-state index contributed by atoms with van der Waals surface area (Å²) in [5.41, 5.74) is 1.19.